The number of hydrogen-bond acceptors (Lipinski definition) is 10. The van der Waals surface area contributed by atoms with E-state index in [-0.39, 0.29) is 10.9 Å². The van der Waals surface area contributed by atoms with Crippen LogP contribution in [-0.2, 0) is 9.63 Å². The zero-order valence-electron chi connectivity index (χ0n) is 28.6. The van der Waals surface area contributed by atoms with Crippen LogP contribution >= 0.6 is 11.6 Å². The SMILES string of the molecule is C=CC(=O)Nc1cc(Nc2cc(N3OCCC3c3cccc(Cl)c3F)ncn2)c(OC)cc1N1CCC(N2CCN(C3CCCC3)CC2)CC1. The molecule has 1 aliphatic carbocycles. The van der Waals surface area contributed by atoms with Crippen LogP contribution < -0.4 is 25.3 Å². The summed E-state index contributed by atoms with van der Waals surface area (Å²) < 4.78 is 20.8. The molecule has 2 aromatic carbocycles. The molecule has 1 amide bonds. The molecule has 0 radical (unpaired) electrons. The summed E-state index contributed by atoms with van der Waals surface area (Å²) in [5.74, 6) is 0.757. The normalized spacial score (nSPS) is 21.1. The van der Waals surface area contributed by atoms with Crippen molar-refractivity contribution in [3.8, 4) is 5.75 Å². The second-order valence-electron chi connectivity index (χ2n) is 13.5. The van der Waals surface area contributed by atoms with Gasteiger partial charge in [0.05, 0.1) is 41.8 Å². The Hall–Kier alpha value is -3.97. The van der Waals surface area contributed by atoms with E-state index in [4.69, 9.17) is 21.2 Å². The van der Waals surface area contributed by atoms with Crippen molar-refractivity contribution in [3.63, 3.8) is 0 Å². The zero-order valence-corrected chi connectivity index (χ0v) is 29.4. The maximum atomic E-state index is 15.0. The fourth-order valence-electron chi connectivity index (χ4n) is 8.02. The van der Waals surface area contributed by atoms with Crippen molar-refractivity contribution in [2.75, 3.05) is 73.6 Å². The van der Waals surface area contributed by atoms with Crippen LogP contribution in [0.5, 0.6) is 5.75 Å². The van der Waals surface area contributed by atoms with Crippen LogP contribution in [0.2, 0.25) is 5.02 Å². The van der Waals surface area contributed by atoms with E-state index in [1.807, 2.05) is 12.1 Å². The summed E-state index contributed by atoms with van der Waals surface area (Å²) in [6, 6.07) is 11.5. The van der Waals surface area contributed by atoms with E-state index in [1.165, 1.54) is 57.2 Å². The standard InChI is InChI=1S/C37H46ClFN8O3/c1-3-36(48)43-29-21-30(42-34-23-35(41-24-40-34)47-31(13-20-50-47)27-9-6-10-28(38)37(27)39)33(49-2)22-32(29)46-14-11-26(12-15-46)45-18-16-44(17-19-45)25-7-4-5-8-25/h3,6,9-10,21-26,31H,1,4-5,7-8,11-20H2,2H3,(H,43,48)(H,40,41,42). The molecule has 0 spiro atoms. The first kappa shape index (κ1) is 34.5. The minimum absolute atomic E-state index is 0.0616. The van der Waals surface area contributed by atoms with Gasteiger partial charge in [0.1, 0.15) is 23.7 Å². The molecule has 0 bridgehead atoms. The predicted molar refractivity (Wildman–Crippen MR) is 195 cm³/mol. The number of aromatic nitrogens is 2. The number of halogens is 2. The summed E-state index contributed by atoms with van der Waals surface area (Å²) in [6.45, 7) is 10.4. The highest BCUT2D eigenvalue weighted by Gasteiger charge is 2.33. The van der Waals surface area contributed by atoms with E-state index in [0.717, 1.165) is 50.7 Å². The van der Waals surface area contributed by atoms with Crippen LogP contribution in [0.15, 0.2) is 55.4 Å². The lowest BCUT2D eigenvalue weighted by atomic mass is 10.0. The molecular formula is C37H46ClFN8O3. The number of carbonyl (C=O) groups excluding carboxylic acids is 1. The molecule has 13 heteroatoms. The van der Waals surface area contributed by atoms with E-state index in [1.54, 1.807) is 30.4 Å². The fourth-order valence-corrected chi connectivity index (χ4v) is 8.20. The number of piperidine rings is 1. The number of amides is 1. The molecule has 3 saturated heterocycles. The second kappa shape index (κ2) is 15.5. The lowest BCUT2D eigenvalue weighted by Crippen LogP contribution is -2.54. The first-order chi connectivity index (χ1) is 24.4. The molecule has 1 aromatic heterocycles. The monoisotopic (exact) mass is 704 g/mol. The number of hydrogen-bond donors (Lipinski definition) is 2. The van der Waals surface area contributed by atoms with Gasteiger partial charge in [-0.25, -0.2) is 19.4 Å². The molecule has 4 fully saturated rings. The van der Waals surface area contributed by atoms with Crippen molar-refractivity contribution in [1.29, 1.82) is 0 Å². The minimum atomic E-state index is -0.470. The van der Waals surface area contributed by atoms with Crippen LogP contribution in [0, 0.1) is 5.82 Å². The number of methoxy groups -OCH3 is 1. The number of hydroxylamine groups is 1. The highest BCUT2D eigenvalue weighted by Crippen LogP contribution is 2.41. The molecule has 3 aromatic rings. The molecule has 4 heterocycles. The van der Waals surface area contributed by atoms with Gasteiger partial charge in [-0.05, 0) is 43.9 Å². The number of piperazine rings is 1. The molecule has 2 N–H and O–H groups in total. The van der Waals surface area contributed by atoms with Crippen molar-refractivity contribution in [2.45, 2.75) is 63.1 Å². The van der Waals surface area contributed by atoms with Crippen LogP contribution in [0.3, 0.4) is 0 Å². The van der Waals surface area contributed by atoms with Crippen molar-refractivity contribution in [2.24, 2.45) is 0 Å². The molecule has 1 saturated carbocycles. The number of rotatable bonds is 10. The Morgan fingerprint density at radius 1 is 0.980 bits per heavy atom. The summed E-state index contributed by atoms with van der Waals surface area (Å²) in [7, 11) is 1.62. The predicted octanol–water partition coefficient (Wildman–Crippen LogP) is 6.56. The molecule has 1 atom stereocenters. The Morgan fingerprint density at radius 3 is 2.40 bits per heavy atom. The largest absolute Gasteiger partial charge is 0.494 e. The molecule has 11 nitrogen and oxygen atoms in total. The molecule has 4 aliphatic rings. The Balaban J connectivity index is 1.07. The maximum Gasteiger partial charge on any atom is 0.247 e. The number of ether oxygens (including phenoxy) is 1. The molecule has 7 rings (SSSR count). The molecule has 50 heavy (non-hydrogen) atoms. The topological polar surface area (TPSA) is 98.3 Å². The average Bonchev–Trinajstić information content (AvgIpc) is 3.87. The molecule has 1 unspecified atom stereocenters. The molecule has 266 valence electrons. The summed E-state index contributed by atoms with van der Waals surface area (Å²) in [4.78, 5) is 35.1. The van der Waals surface area contributed by atoms with E-state index in [0.29, 0.717) is 53.4 Å². The number of carbonyl (C=O) groups is 1. The quantitative estimate of drug-likeness (QED) is 0.226. The van der Waals surface area contributed by atoms with Crippen LogP contribution in [0.25, 0.3) is 0 Å². The lowest BCUT2D eigenvalue weighted by molar-refractivity contribution is -0.111. The third-order valence-corrected chi connectivity index (χ3v) is 11.0. The van der Waals surface area contributed by atoms with Crippen molar-refractivity contribution < 1.29 is 18.8 Å². The van der Waals surface area contributed by atoms with E-state index >= 15 is 0 Å². The number of anilines is 5. The Morgan fingerprint density at radius 2 is 1.70 bits per heavy atom. The zero-order chi connectivity index (χ0) is 34.6. The van der Waals surface area contributed by atoms with Gasteiger partial charge >= 0.3 is 0 Å². The summed E-state index contributed by atoms with van der Waals surface area (Å²) >= 11 is 6.09. The number of nitrogens with zero attached hydrogens (tertiary/aromatic N) is 6. The van der Waals surface area contributed by atoms with Crippen LogP contribution in [0.4, 0.5) is 33.1 Å². The molecule has 3 aliphatic heterocycles. The van der Waals surface area contributed by atoms with Crippen LogP contribution in [-0.4, -0.2) is 90.7 Å². The van der Waals surface area contributed by atoms with Crippen LogP contribution in [0.1, 0.15) is 56.6 Å². The Kier molecular flexibility index (Phi) is 10.7. The van der Waals surface area contributed by atoms with Gasteiger partial charge < -0.3 is 20.3 Å². The van der Waals surface area contributed by atoms with E-state index in [9.17, 15) is 9.18 Å². The van der Waals surface area contributed by atoms with Crippen molar-refractivity contribution >= 4 is 46.2 Å². The van der Waals surface area contributed by atoms with Gasteiger partial charge in [-0.15, -0.1) is 0 Å². The Bertz CT molecular complexity index is 1670. The van der Waals surface area contributed by atoms with Gasteiger partial charge in [0.2, 0.25) is 5.91 Å². The fraction of sp³-hybridized carbons (Fsp3) is 0.486. The Labute approximate surface area is 298 Å². The van der Waals surface area contributed by atoms with Gasteiger partial charge in [-0.1, -0.05) is 43.2 Å². The summed E-state index contributed by atoms with van der Waals surface area (Å²) in [5, 5.41) is 8.01. The highest BCUT2D eigenvalue weighted by atomic mass is 35.5. The summed E-state index contributed by atoms with van der Waals surface area (Å²) in [6.07, 6.45) is 10.9. The number of nitrogens with one attached hydrogen (secondary N) is 2. The first-order valence-electron chi connectivity index (χ1n) is 17.8. The lowest BCUT2D eigenvalue weighted by Gasteiger charge is -2.44. The number of benzene rings is 2. The van der Waals surface area contributed by atoms with Gasteiger partial charge in [0, 0.05) is 75.5 Å². The van der Waals surface area contributed by atoms with Gasteiger partial charge in [-0.3, -0.25) is 19.4 Å². The third kappa shape index (κ3) is 7.39. The smallest absolute Gasteiger partial charge is 0.247 e. The van der Waals surface area contributed by atoms with Gasteiger partial charge in [-0.2, -0.15) is 0 Å². The minimum Gasteiger partial charge on any atom is -0.494 e. The van der Waals surface area contributed by atoms with E-state index in [2.05, 4.69) is 41.9 Å². The van der Waals surface area contributed by atoms with Crippen molar-refractivity contribution in [1.82, 2.24) is 19.8 Å². The average molecular weight is 705 g/mol. The third-order valence-electron chi connectivity index (χ3n) is 10.7. The van der Waals surface area contributed by atoms with E-state index < -0.39 is 11.9 Å². The van der Waals surface area contributed by atoms with Gasteiger partial charge in [0.15, 0.2) is 5.82 Å². The van der Waals surface area contributed by atoms with Gasteiger partial charge in [0.25, 0.3) is 0 Å². The molecular weight excluding hydrogens is 659 g/mol. The summed E-state index contributed by atoms with van der Waals surface area (Å²) in [5.41, 5.74) is 2.59. The van der Waals surface area contributed by atoms with Crippen molar-refractivity contribution in [3.05, 3.63) is 71.8 Å². The highest BCUT2D eigenvalue weighted by molar-refractivity contribution is 6.30. The first-order valence-corrected chi connectivity index (χ1v) is 18.1. The maximum absolute atomic E-state index is 15.0. The second-order valence-corrected chi connectivity index (χ2v) is 13.9.